The fourth-order valence-corrected chi connectivity index (χ4v) is 1.42. The van der Waals surface area contributed by atoms with Crippen LogP contribution in [0.15, 0.2) is 42.5 Å². The maximum absolute atomic E-state index is 9.76. The van der Waals surface area contributed by atoms with E-state index in [1.807, 2.05) is 30.3 Å². The zero-order valence-corrected chi connectivity index (χ0v) is 8.40. The molecule has 0 aliphatic heterocycles. The van der Waals surface area contributed by atoms with Gasteiger partial charge >= 0.3 is 0 Å². The standard InChI is InChI=1S/C13H11O2/c1-15-11-7-8-12(13(14)9-11)10-5-3-2-4-6-10/h2-7,9,14H,1H3. The molecule has 0 unspecified atom stereocenters. The van der Waals surface area contributed by atoms with Crippen molar-refractivity contribution in [1.29, 1.82) is 0 Å². The molecule has 1 N–H and O–H groups in total. The average Bonchev–Trinajstić information content (AvgIpc) is 2.30. The molecule has 0 amide bonds. The summed E-state index contributed by atoms with van der Waals surface area (Å²) in [4.78, 5) is 0. The van der Waals surface area contributed by atoms with Crippen molar-refractivity contribution in [3.8, 4) is 22.6 Å². The maximum atomic E-state index is 9.76. The Bertz CT molecular complexity index is 449. The van der Waals surface area contributed by atoms with Crippen LogP contribution in [0.4, 0.5) is 0 Å². The fraction of sp³-hybridized carbons (Fsp3) is 0.0769. The van der Waals surface area contributed by atoms with Gasteiger partial charge in [0, 0.05) is 11.6 Å². The third-order valence-corrected chi connectivity index (χ3v) is 2.19. The number of phenols is 1. The first-order valence-corrected chi connectivity index (χ1v) is 4.65. The van der Waals surface area contributed by atoms with Crippen LogP contribution in [-0.2, 0) is 0 Å². The maximum Gasteiger partial charge on any atom is 0.127 e. The van der Waals surface area contributed by atoms with Crippen molar-refractivity contribution in [2.24, 2.45) is 0 Å². The Morgan fingerprint density at radius 3 is 2.53 bits per heavy atom. The number of benzene rings is 2. The van der Waals surface area contributed by atoms with Gasteiger partial charge in [0.1, 0.15) is 11.5 Å². The number of ether oxygens (including phenoxy) is 1. The smallest absolute Gasteiger partial charge is 0.127 e. The fourth-order valence-electron chi connectivity index (χ4n) is 1.42. The molecular weight excluding hydrogens is 188 g/mol. The summed E-state index contributed by atoms with van der Waals surface area (Å²) < 4.78 is 4.99. The van der Waals surface area contributed by atoms with Gasteiger partial charge in [-0.1, -0.05) is 30.3 Å². The second-order valence-electron chi connectivity index (χ2n) is 3.17. The van der Waals surface area contributed by atoms with Gasteiger partial charge in [0.05, 0.1) is 7.11 Å². The SMILES string of the molecule is COc1c[c]c(-c2ccccc2)c(O)c1. The van der Waals surface area contributed by atoms with E-state index in [1.54, 1.807) is 19.2 Å². The molecule has 2 aromatic carbocycles. The van der Waals surface area contributed by atoms with E-state index in [4.69, 9.17) is 4.74 Å². The molecule has 2 heteroatoms. The molecule has 2 nitrogen and oxygen atoms in total. The summed E-state index contributed by atoms with van der Waals surface area (Å²) in [5, 5.41) is 9.76. The molecule has 0 saturated heterocycles. The van der Waals surface area contributed by atoms with E-state index in [1.165, 1.54) is 0 Å². The van der Waals surface area contributed by atoms with Gasteiger partial charge in [-0.3, -0.25) is 0 Å². The van der Waals surface area contributed by atoms with E-state index in [0.717, 1.165) is 5.56 Å². The molecule has 75 valence electrons. The zero-order valence-electron chi connectivity index (χ0n) is 8.40. The average molecular weight is 199 g/mol. The molecule has 0 spiro atoms. The lowest BCUT2D eigenvalue weighted by atomic mass is 10.0. The van der Waals surface area contributed by atoms with Gasteiger partial charge < -0.3 is 9.84 Å². The predicted molar refractivity (Wildman–Crippen MR) is 58.9 cm³/mol. The van der Waals surface area contributed by atoms with Gasteiger partial charge in [0.25, 0.3) is 0 Å². The second-order valence-corrected chi connectivity index (χ2v) is 3.17. The molecule has 1 radical (unpaired) electrons. The quantitative estimate of drug-likeness (QED) is 0.805. The van der Waals surface area contributed by atoms with Crippen molar-refractivity contribution in [2.45, 2.75) is 0 Å². The minimum Gasteiger partial charge on any atom is -0.507 e. The Balaban J connectivity index is 2.46. The molecule has 0 fully saturated rings. The van der Waals surface area contributed by atoms with E-state index >= 15 is 0 Å². The number of hydrogen-bond acceptors (Lipinski definition) is 2. The second kappa shape index (κ2) is 4.05. The molecule has 0 aliphatic rings. The Labute approximate surface area is 88.8 Å². The van der Waals surface area contributed by atoms with Crippen LogP contribution in [0.1, 0.15) is 0 Å². The zero-order chi connectivity index (χ0) is 10.7. The first-order chi connectivity index (χ1) is 7.31. The van der Waals surface area contributed by atoms with E-state index in [9.17, 15) is 5.11 Å². The lowest BCUT2D eigenvalue weighted by Crippen LogP contribution is -1.84. The van der Waals surface area contributed by atoms with Crippen LogP contribution in [-0.4, -0.2) is 12.2 Å². The van der Waals surface area contributed by atoms with E-state index in [2.05, 4.69) is 6.07 Å². The highest BCUT2D eigenvalue weighted by Crippen LogP contribution is 2.31. The molecule has 0 bridgehead atoms. The molecule has 2 rings (SSSR count). The van der Waals surface area contributed by atoms with Crippen LogP contribution >= 0.6 is 0 Å². The van der Waals surface area contributed by atoms with Gasteiger partial charge in [-0.15, -0.1) is 0 Å². The summed E-state index contributed by atoms with van der Waals surface area (Å²) in [6.07, 6.45) is 0. The number of rotatable bonds is 2. The Hall–Kier alpha value is -1.96. The molecule has 0 atom stereocenters. The molecule has 0 aromatic heterocycles. The lowest BCUT2D eigenvalue weighted by Gasteiger charge is -2.06. The number of methoxy groups -OCH3 is 1. The highest BCUT2D eigenvalue weighted by molar-refractivity contribution is 5.70. The monoisotopic (exact) mass is 199 g/mol. The number of hydrogen-bond donors (Lipinski definition) is 1. The number of aromatic hydroxyl groups is 1. The van der Waals surface area contributed by atoms with Crippen LogP contribution in [0.5, 0.6) is 11.5 Å². The normalized spacial score (nSPS) is 9.93. The van der Waals surface area contributed by atoms with Gasteiger partial charge in [0.2, 0.25) is 0 Å². The summed E-state index contributed by atoms with van der Waals surface area (Å²) in [6.45, 7) is 0. The summed E-state index contributed by atoms with van der Waals surface area (Å²) in [6, 6.07) is 15.9. The largest absolute Gasteiger partial charge is 0.507 e. The van der Waals surface area contributed by atoms with Crippen LogP contribution < -0.4 is 4.74 Å². The molecule has 2 aromatic rings. The van der Waals surface area contributed by atoms with Gasteiger partial charge in [-0.25, -0.2) is 0 Å². The Kier molecular flexibility index (Phi) is 2.59. The van der Waals surface area contributed by atoms with E-state index in [-0.39, 0.29) is 5.75 Å². The molecule has 0 aliphatic carbocycles. The van der Waals surface area contributed by atoms with Crippen molar-refractivity contribution < 1.29 is 9.84 Å². The first kappa shape index (κ1) is 9.59. The third kappa shape index (κ3) is 1.94. The van der Waals surface area contributed by atoms with Crippen molar-refractivity contribution in [3.63, 3.8) is 0 Å². The summed E-state index contributed by atoms with van der Waals surface area (Å²) >= 11 is 0. The van der Waals surface area contributed by atoms with E-state index in [0.29, 0.717) is 11.3 Å². The van der Waals surface area contributed by atoms with Crippen molar-refractivity contribution in [3.05, 3.63) is 48.5 Å². The third-order valence-electron chi connectivity index (χ3n) is 2.19. The Morgan fingerprint density at radius 2 is 1.93 bits per heavy atom. The minimum atomic E-state index is 0.181. The molecule has 15 heavy (non-hydrogen) atoms. The van der Waals surface area contributed by atoms with Crippen LogP contribution in [0, 0.1) is 6.07 Å². The lowest BCUT2D eigenvalue weighted by molar-refractivity contribution is 0.408. The predicted octanol–water partition coefficient (Wildman–Crippen LogP) is 2.87. The highest BCUT2D eigenvalue weighted by Gasteiger charge is 2.04. The van der Waals surface area contributed by atoms with Crippen LogP contribution in [0.25, 0.3) is 11.1 Å². The van der Waals surface area contributed by atoms with Gasteiger partial charge in [-0.2, -0.15) is 0 Å². The van der Waals surface area contributed by atoms with Crippen molar-refractivity contribution in [2.75, 3.05) is 7.11 Å². The molecule has 0 heterocycles. The number of phenolic OH excluding ortho intramolecular Hbond substituents is 1. The van der Waals surface area contributed by atoms with Crippen molar-refractivity contribution >= 4 is 0 Å². The van der Waals surface area contributed by atoms with Crippen LogP contribution in [0.2, 0.25) is 0 Å². The minimum absolute atomic E-state index is 0.181. The topological polar surface area (TPSA) is 29.5 Å². The van der Waals surface area contributed by atoms with Gasteiger partial charge in [0.15, 0.2) is 0 Å². The summed E-state index contributed by atoms with van der Waals surface area (Å²) in [5.41, 5.74) is 1.63. The molecular formula is C13H11O2. The molecule has 0 saturated carbocycles. The van der Waals surface area contributed by atoms with Crippen LogP contribution in [0.3, 0.4) is 0 Å². The van der Waals surface area contributed by atoms with Crippen molar-refractivity contribution in [1.82, 2.24) is 0 Å². The highest BCUT2D eigenvalue weighted by atomic mass is 16.5. The van der Waals surface area contributed by atoms with E-state index < -0.39 is 0 Å². The first-order valence-electron chi connectivity index (χ1n) is 4.65. The Morgan fingerprint density at radius 1 is 1.20 bits per heavy atom. The summed E-state index contributed by atoms with van der Waals surface area (Å²) in [7, 11) is 1.56. The van der Waals surface area contributed by atoms with Gasteiger partial charge in [-0.05, 0) is 17.7 Å². The summed E-state index contributed by atoms with van der Waals surface area (Å²) in [5.74, 6) is 0.785.